The smallest absolute Gasteiger partial charge is 0.309 e. The summed E-state index contributed by atoms with van der Waals surface area (Å²) in [7, 11) is 0. The second-order valence-corrected chi connectivity index (χ2v) is 2.40. The number of nitrogens with one attached hydrogen (secondary N) is 2. The Morgan fingerprint density at radius 1 is 1.19 bits per heavy atom. The number of hydrogen-bond acceptors (Lipinski definition) is 3. The Morgan fingerprint density at radius 2 is 1.88 bits per heavy atom. The van der Waals surface area contributed by atoms with Gasteiger partial charge in [-0.15, -0.1) is 0 Å². The number of carbonyl (C=O) groups excluding carboxylic acids is 1. The van der Waals surface area contributed by atoms with Gasteiger partial charge in [0, 0.05) is 24.7 Å². The Bertz CT molecular complexity index is 385. The Balaban J connectivity index is 0.000000222. The van der Waals surface area contributed by atoms with Crippen LogP contribution < -0.4 is 17.0 Å². The molecule has 0 aliphatic heterocycles. The van der Waals surface area contributed by atoms with Crippen molar-refractivity contribution in [1.29, 1.82) is 0 Å². The molecule has 2 aromatic heterocycles. The number of urea groups is 1. The minimum Gasteiger partial charge on any atom is -0.352 e. The van der Waals surface area contributed by atoms with E-state index in [-0.39, 0.29) is 5.56 Å². The number of primary amides is 2. The van der Waals surface area contributed by atoms with Crippen molar-refractivity contribution in [3.05, 3.63) is 53.2 Å². The fourth-order valence-electron chi connectivity index (χ4n) is 0.592. The van der Waals surface area contributed by atoms with Crippen LogP contribution in [0.25, 0.3) is 0 Å². The molecule has 2 rings (SSSR count). The highest BCUT2D eigenvalue weighted by Gasteiger charge is 1.69. The normalized spacial score (nSPS) is 7.75. The van der Waals surface area contributed by atoms with Crippen LogP contribution in [0, 0.1) is 0 Å². The molecule has 0 saturated carbocycles. The molecule has 0 saturated heterocycles. The maximum Gasteiger partial charge on any atom is 0.309 e. The van der Waals surface area contributed by atoms with Gasteiger partial charge >= 0.3 is 6.03 Å². The minimum absolute atomic E-state index is 0.0532. The lowest BCUT2D eigenvalue weighted by atomic mass is 10.5. The van der Waals surface area contributed by atoms with Gasteiger partial charge in [0.15, 0.2) is 0 Å². The third-order valence-corrected chi connectivity index (χ3v) is 1.09. The third kappa shape index (κ3) is 11.4. The number of pyridine rings is 1. The van der Waals surface area contributed by atoms with Crippen molar-refractivity contribution >= 4 is 6.03 Å². The molecule has 0 aromatic carbocycles. The van der Waals surface area contributed by atoms with Crippen molar-refractivity contribution in [3.8, 4) is 0 Å². The average molecular weight is 223 g/mol. The summed E-state index contributed by atoms with van der Waals surface area (Å²) in [6, 6.07) is 5.93. The van der Waals surface area contributed by atoms with E-state index in [0.29, 0.717) is 0 Å². The molecule has 0 fully saturated rings. The molecule has 0 aliphatic carbocycles. The van der Waals surface area contributed by atoms with Crippen LogP contribution in [0.1, 0.15) is 0 Å². The zero-order valence-corrected chi connectivity index (χ0v) is 8.46. The Hall–Kier alpha value is -2.57. The van der Waals surface area contributed by atoms with Crippen molar-refractivity contribution in [3.63, 3.8) is 0 Å². The van der Waals surface area contributed by atoms with Gasteiger partial charge in [-0.25, -0.2) is 4.79 Å². The molecule has 2 heterocycles. The molecule has 0 unspecified atom stereocenters. The van der Waals surface area contributed by atoms with Crippen molar-refractivity contribution in [2.45, 2.75) is 0 Å². The molecule has 16 heavy (non-hydrogen) atoms. The highest BCUT2D eigenvalue weighted by atomic mass is 16.2. The first-order chi connectivity index (χ1) is 7.63. The summed E-state index contributed by atoms with van der Waals surface area (Å²) in [6.45, 7) is 0. The zero-order chi connectivity index (χ0) is 12.2. The van der Waals surface area contributed by atoms with E-state index in [1.165, 1.54) is 6.07 Å². The van der Waals surface area contributed by atoms with Crippen molar-refractivity contribution in [2.24, 2.45) is 11.5 Å². The van der Waals surface area contributed by atoms with E-state index in [0.717, 1.165) is 0 Å². The van der Waals surface area contributed by atoms with Crippen molar-refractivity contribution < 1.29 is 4.79 Å². The second kappa shape index (κ2) is 9.00. The topological polar surface area (TPSA) is 131 Å². The van der Waals surface area contributed by atoms with E-state index < -0.39 is 6.03 Å². The Kier molecular flexibility index (Phi) is 7.56. The van der Waals surface area contributed by atoms with Crippen LogP contribution in [0.5, 0.6) is 0 Å². The maximum absolute atomic E-state index is 10.2. The molecule has 2 aromatic rings. The number of aromatic nitrogens is 3. The molecular weight excluding hydrogens is 210 g/mol. The largest absolute Gasteiger partial charge is 0.352 e. The number of nitrogens with two attached hydrogens (primary N) is 2. The van der Waals surface area contributed by atoms with Gasteiger partial charge < -0.3 is 16.5 Å². The molecule has 0 bridgehead atoms. The molecule has 7 heteroatoms. The van der Waals surface area contributed by atoms with Gasteiger partial charge in [0.1, 0.15) is 0 Å². The van der Waals surface area contributed by atoms with Crippen LogP contribution in [0.3, 0.4) is 0 Å². The molecule has 0 aliphatic rings. The lowest BCUT2D eigenvalue weighted by Crippen LogP contribution is -2.18. The molecule has 86 valence electrons. The molecule has 7 nitrogen and oxygen atoms in total. The van der Waals surface area contributed by atoms with Crippen LogP contribution >= 0.6 is 0 Å². The van der Waals surface area contributed by atoms with Crippen LogP contribution in [0.15, 0.2) is 47.7 Å². The first-order valence-corrected chi connectivity index (χ1v) is 4.25. The second-order valence-electron chi connectivity index (χ2n) is 2.40. The summed E-state index contributed by atoms with van der Waals surface area (Å²) < 4.78 is 0. The lowest BCUT2D eigenvalue weighted by Gasteiger charge is -1.73. The molecular formula is C9H13N5O2. The number of nitrogens with zero attached hydrogens (tertiary/aromatic N) is 1. The van der Waals surface area contributed by atoms with E-state index in [1.54, 1.807) is 30.7 Å². The number of amides is 2. The summed E-state index contributed by atoms with van der Waals surface area (Å²) in [5.74, 6) is 0. The number of hydrogen-bond donors (Lipinski definition) is 4. The highest BCUT2D eigenvalue weighted by molar-refractivity contribution is 5.69. The molecule has 0 spiro atoms. The predicted molar refractivity (Wildman–Crippen MR) is 59.4 cm³/mol. The quantitative estimate of drug-likeness (QED) is 0.493. The zero-order valence-electron chi connectivity index (χ0n) is 8.46. The first-order valence-electron chi connectivity index (χ1n) is 4.25. The number of carbonyl (C=O) groups is 1. The number of rotatable bonds is 0. The van der Waals surface area contributed by atoms with Gasteiger partial charge in [-0.05, 0) is 12.1 Å². The third-order valence-electron chi connectivity index (χ3n) is 1.09. The average Bonchev–Trinajstić information content (AvgIpc) is 2.75. The standard InChI is InChI=1S/C5H5NO.C3H4N2.CH4N2O/c7-5-3-1-2-4-6-5;1-2-4-5-3-1;2-1(3)4/h1-4H,(H,6,7);1-3H,(H,4,5);(H4,2,3,4). The minimum atomic E-state index is -0.833. The summed E-state index contributed by atoms with van der Waals surface area (Å²) in [4.78, 5) is 21.7. The van der Waals surface area contributed by atoms with Crippen LogP contribution in [0.2, 0.25) is 0 Å². The van der Waals surface area contributed by atoms with Gasteiger partial charge in [-0.3, -0.25) is 9.89 Å². The predicted octanol–water partition coefficient (Wildman–Crippen LogP) is -0.192. The van der Waals surface area contributed by atoms with Crippen LogP contribution in [-0.2, 0) is 0 Å². The van der Waals surface area contributed by atoms with E-state index >= 15 is 0 Å². The van der Waals surface area contributed by atoms with E-state index in [9.17, 15) is 4.79 Å². The van der Waals surface area contributed by atoms with Crippen LogP contribution in [-0.4, -0.2) is 21.2 Å². The van der Waals surface area contributed by atoms with Gasteiger partial charge in [0.2, 0.25) is 5.56 Å². The SMILES string of the molecule is NC(N)=O.O=c1cccc[nH]1.c1cn[nH]c1. The molecule has 2 amide bonds. The molecule has 0 atom stereocenters. The van der Waals surface area contributed by atoms with Crippen LogP contribution in [0.4, 0.5) is 4.79 Å². The van der Waals surface area contributed by atoms with E-state index in [4.69, 9.17) is 4.79 Å². The number of aromatic amines is 2. The maximum atomic E-state index is 10.2. The van der Waals surface area contributed by atoms with E-state index in [1.807, 2.05) is 6.07 Å². The van der Waals surface area contributed by atoms with E-state index in [2.05, 4.69) is 26.6 Å². The molecule has 6 N–H and O–H groups in total. The summed E-state index contributed by atoms with van der Waals surface area (Å²) in [5.41, 5.74) is 8.45. The van der Waals surface area contributed by atoms with Gasteiger partial charge in [0.05, 0.1) is 0 Å². The first kappa shape index (κ1) is 13.4. The monoisotopic (exact) mass is 223 g/mol. The fourth-order valence-corrected chi connectivity index (χ4v) is 0.592. The Morgan fingerprint density at radius 3 is 2.06 bits per heavy atom. The molecule has 0 radical (unpaired) electrons. The lowest BCUT2D eigenvalue weighted by molar-refractivity contribution is 0.256. The Labute approximate surface area is 91.5 Å². The summed E-state index contributed by atoms with van der Waals surface area (Å²) >= 11 is 0. The van der Waals surface area contributed by atoms with Gasteiger partial charge in [-0.1, -0.05) is 6.07 Å². The van der Waals surface area contributed by atoms with Crippen molar-refractivity contribution in [1.82, 2.24) is 15.2 Å². The van der Waals surface area contributed by atoms with Gasteiger partial charge in [-0.2, -0.15) is 5.10 Å². The van der Waals surface area contributed by atoms with Crippen molar-refractivity contribution in [2.75, 3.05) is 0 Å². The highest BCUT2D eigenvalue weighted by Crippen LogP contribution is 1.67. The summed E-state index contributed by atoms with van der Waals surface area (Å²) in [5, 5.41) is 6.21. The summed E-state index contributed by atoms with van der Waals surface area (Å²) in [6.07, 6.45) is 5.06. The van der Waals surface area contributed by atoms with Gasteiger partial charge in [0.25, 0.3) is 0 Å². The fraction of sp³-hybridized carbons (Fsp3) is 0. The number of H-pyrrole nitrogens is 2.